The van der Waals surface area contributed by atoms with Gasteiger partial charge in [-0.2, -0.15) is 0 Å². The molecule has 1 atom stereocenters. The van der Waals surface area contributed by atoms with Crippen molar-refractivity contribution >= 4 is 23.2 Å². The Labute approximate surface area is 81.9 Å². The molecule has 0 saturated carbocycles. The Balaban J connectivity index is 3.27. The predicted octanol–water partition coefficient (Wildman–Crippen LogP) is 3.36. The Morgan fingerprint density at radius 2 is 1.83 bits per heavy atom. The van der Waals surface area contributed by atoms with Crippen LogP contribution in [0.3, 0.4) is 0 Å². The molecule has 0 saturated heterocycles. The highest BCUT2D eigenvalue weighted by molar-refractivity contribution is 6.43. The molecule has 1 aromatic carbocycles. The molecule has 0 heterocycles. The SMILES string of the molecule is Cc1ccc(C(C)O)c(Cl)c1Cl. The van der Waals surface area contributed by atoms with Gasteiger partial charge in [0, 0.05) is 5.56 Å². The standard InChI is InChI=1S/C9H10Cl2O/c1-5-3-4-7(6(2)12)9(11)8(5)10/h3-4,6,12H,1-2H3. The summed E-state index contributed by atoms with van der Waals surface area (Å²) < 4.78 is 0. The quantitative estimate of drug-likeness (QED) is 0.745. The van der Waals surface area contributed by atoms with Gasteiger partial charge in [-0.3, -0.25) is 0 Å². The van der Waals surface area contributed by atoms with E-state index in [1.807, 2.05) is 13.0 Å². The van der Waals surface area contributed by atoms with Crippen molar-refractivity contribution in [2.45, 2.75) is 20.0 Å². The van der Waals surface area contributed by atoms with Crippen LogP contribution in [0.25, 0.3) is 0 Å². The van der Waals surface area contributed by atoms with Crippen molar-refractivity contribution in [1.82, 2.24) is 0 Å². The number of hydrogen-bond acceptors (Lipinski definition) is 1. The largest absolute Gasteiger partial charge is 0.389 e. The molecule has 0 aliphatic heterocycles. The fourth-order valence-corrected chi connectivity index (χ4v) is 1.53. The first-order valence-corrected chi connectivity index (χ1v) is 4.42. The number of halogens is 2. The van der Waals surface area contributed by atoms with Crippen molar-refractivity contribution in [3.8, 4) is 0 Å². The molecule has 0 amide bonds. The molecule has 1 N–H and O–H groups in total. The van der Waals surface area contributed by atoms with E-state index in [0.29, 0.717) is 15.6 Å². The first-order chi connectivity index (χ1) is 5.54. The van der Waals surface area contributed by atoms with Gasteiger partial charge in [-0.25, -0.2) is 0 Å². The molecule has 0 bridgehead atoms. The van der Waals surface area contributed by atoms with Gasteiger partial charge >= 0.3 is 0 Å². The topological polar surface area (TPSA) is 20.2 Å². The molecule has 1 aromatic rings. The van der Waals surface area contributed by atoms with E-state index in [0.717, 1.165) is 5.56 Å². The van der Waals surface area contributed by atoms with E-state index < -0.39 is 6.10 Å². The van der Waals surface area contributed by atoms with Crippen LogP contribution < -0.4 is 0 Å². The molecular weight excluding hydrogens is 195 g/mol. The van der Waals surface area contributed by atoms with Crippen LogP contribution in [0.1, 0.15) is 24.2 Å². The summed E-state index contributed by atoms with van der Waals surface area (Å²) in [5.41, 5.74) is 1.60. The van der Waals surface area contributed by atoms with Crippen LogP contribution in [0, 0.1) is 6.92 Å². The number of rotatable bonds is 1. The lowest BCUT2D eigenvalue weighted by atomic mass is 10.1. The van der Waals surface area contributed by atoms with Crippen LogP contribution in [-0.4, -0.2) is 5.11 Å². The van der Waals surface area contributed by atoms with E-state index in [4.69, 9.17) is 23.2 Å². The summed E-state index contributed by atoms with van der Waals surface area (Å²) in [4.78, 5) is 0. The second kappa shape index (κ2) is 3.65. The minimum Gasteiger partial charge on any atom is -0.389 e. The van der Waals surface area contributed by atoms with E-state index >= 15 is 0 Å². The van der Waals surface area contributed by atoms with Gasteiger partial charge < -0.3 is 5.11 Å². The van der Waals surface area contributed by atoms with Crippen LogP contribution in [0.2, 0.25) is 10.0 Å². The molecular formula is C9H10Cl2O. The molecule has 1 nitrogen and oxygen atoms in total. The molecule has 0 aliphatic carbocycles. The Bertz CT molecular complexity index is 295. The Morgan fingerprint density at radius 1 is 1.25 bits per heavy atom. The molecule has 12 heavy (non-hydrogen) atoms. The van der Waals surface area contributed by atoms with Crippen molar-refractivity contribution in [3.63, 3.8) is 0 Å². The number of benzene rings is 1. The van der Waals surface area contributed by atoms with E-state index in [9.17, 15) is 5.11 Å². The zero-order valence-electron chi connectivity index (χ0n) is 6.94. The van der Waals surface area contributed by atoms with Crippen LogP contribution in [0.5, 0.6) is 0 Å². The highest BCUT2D eigenvalue weighted by atomic mass is 35.5. The van der Waals surface area contributed by atoms with Crippen molar-refractivity contribution in [1.29, 1.82) is 0 Å². The summed E-state index contributed by atoms with van der Waals surface area (Å²) in [7, 11) is 0. The Morgan fingerprint density at radius 3 is 2.33 bits per heavy atom. The van der Waals surface area contributed by atoms with Crippen LogP contribution in [0.15, 0.2) is 12.1 Å². The van der Waals surface area contributed by atoms with Gasteiger partial charge in [-0.15, -0.1) is 0 Å². The summed E-state index contributed by atoms with van der Waals surface area (Å²) in [5.74, 6) is 0. The van der Waals surface area contributed by atoms with Gasteiger partial charge in [0.1, 0.15) is 0 Å². The molecule has 1 unspecified atom stereocenters. The monoisotopic (exact) mass is 204 g/mol. The van der Waals surface area contributed by atoms with E-state index in [1.165, 1.54) is 0 Å². The minimum absolute atomic E-state index is 0.451. The molecule has 0 aromatic heterocycles. The normalized spacial score (nSPS) is 13.1. The number of hydrogen-bond donors (Lipinski definition) is 1. The summed E-state index contributed by atoms with van der Waals surface area (Å²) >= 11 is 11.8. The summed E-state index contributed by atoms with van der Waals surface area (Å²) in [6.45, 7) is 3.53. The number of aryl methyl sites for hydroxylation is 1. The molecule has 0 spiro atoms. The van der Waals surface area contributed by atoms with Gasteiger partial charge in [0.2, 0.25) is 0 Å². The van der Waals surface area contributed by atoms with Crippen LogP contribution >= 0.6 is 23.2 Å². The average Bonchev–Trinajstić information content (AvgIpc) is 2.00. The molecule has 0 fully saturated rings. The maximum atomic E-state index is 9.28. The number of aliphatic hydroxyl groups is 1. The smallest absolute Gasteiger partial charge is 0.0776 e. The fraction of sp³-hybridized carbons (Fsp3) is 0.333. The molecule has 3 heteroatoms. The lowest BCUT2D eigenvalue weighted by Gasteiger charge is -2.09. The number of aliphatic hydroxyl groups excluding tert-OH is 1. The van der Waals surface area contributed by atoms with Gasteiger partial charge in [-0.05, 0) is 19.4 Å². The summed E-state index contributed by atoms with van der Waals surface area (Å²) in [6, 6.07) is 3.63. The van der Waals surface area contributed by atoms with Crippen molar-refractivity contribution in [3.05, 3.63) is 33.3 Å². The zero-order chi connectivity index (χ0) is 9.30. The second-order valence-corrected chi connectivity index (χ2v) is 3.53. The maximum Gasteiger partial charge on any atom is 0.0776 e. The third-order valence-electron chi connectivity index (χ3n) is 1.76. The lowest BCUT2D eigenvalue weighted by Crippen LogP contribution is -1.93. The van der Waals surface area contributed by atoms with Gasteiger partial charge in [0.15, 0.2) is 0 Å². The third-order valence-corrected chi connectivity index (χ3v) is 2.75. The molecule has 1 rings (SSSR count). The van der Waals surface area contributed by atoms with Crippen LogP contribution in [-0.2, 0) is 0 Å². The van der Waals surface area contributed by atoms with E-state index in [-0.39, 0.29) is 0 Å². The highest BCUT2D eigenvalue weighted by Crippen LogP contribution is 2.32. The summed E-state index contributed by atoms with van der Waals surface area (Å²) in [6.07, 6.45) is -0.574. The molecule has 0 aliphatic rings. The molecule has 0 radical (unpaired) electrons. The van der Waals surface area contributed by atoms with Crippen molar-refractivity contribution < 1.29 is 5.11 Å². The fourth-order valence-electron chi connectivity index (χ4n) is 0.984. The van der Waals surface area contributed by atoms with Crippen molar-refractivity contribution in [2.24, 2.45) is 0 Å². The van der Waals surface area contributed by atoms with Gasteiger partial charge in [0.05, 0.1) is 16.1 Å². The third kappa shape index (κ3) is 1.74. The first kappa shape index (κ1) is 9.85. The van der Waals surface area contributed by atoms with E-state index in [1.54, 1.807) is 13.0 Å². The summed E-state index contributed by atoms with van der Waals surface area (Å²) in [5, 5.41) is 10.3. The zero-order valence-corrected chi connectivity index (χ0v) is 8.45. The Hall–Kier alpha value is -0.240. The van der Waals surface area contributed by atoms with Crippen LogP contribution in [0.4, 0.5) is 0 Å². The predicted molar refractivity (Wildman–Crippen MR) is 51.8 cm³/mol. The average molecular weight is 205 g/mol. The van der Waals surface area contributed by atoms with Gasteiger partial charge in [-0.1, -0.05) is 35.3 Å². The maximum absolute atomic E-state index is 9.28. The highest BCUT2D eigenvalue weighted by Gasteiger charge is 2.10. The van der Waals surface area contributed by atoms with E-state index in [2.05, 4.69) is 0 Å². The van der Waals surface area contributed by atoms with Crippen molar-refractivity contribution in [2.75, 3.05) is 0 Å². The second-order valence-electron chi connectivity index (χ2n) is 2.78. The van der Waals surface area contributed by atoms with Gasteiger partial charge in [0.25, 0.3) is 0 Å². The first-order valence-electron chi connectivity index (χ1n) is 3.66. The Kier molecular flexibility index (Phi) is 2.99. The molecule has 66 valence electrons. The minimum atomic E-state index is -0.574. The lowest BCUT2D eigenvalue weighted by molar-refractivity contribution is 0.199.